The van der Waals surface area contributed by atoms with Crippen molar-refractivity contribution in [3.05, 3.63) is 28.2 Å². The maximum Gasteiger partial charge on any atom is 0.303 e. The van der Waals surface area contributed by atoms with Gasteiger partial charge in [0, 0.05) is 4.47 Å². The Balaban J connectivity index is 2.93. The highest BCUT2D eigenvalue weighted by Crippen LogP contribution is 2.31. The predicted molar refractivity (Wildman–Crippen MR) is 70.6 cm³/mol. The maximum absolute atomic E-state index is 10.7. The Morgan fingerprint density at radius 2 is 2.24 bits per heavy atom. The first-order valence-corrected chi connectivity index (χ1v) is 6.48. The van der Waals surface area contributed by atoms with Gasteiger partial charge in [0.15, 0.2) is 0 Å². The van der Waals surface area contributed by atoms with E-state index in [0.29, 0.717) is 6.61 Å². The van der Waals surface area contributed by atoms with Crippen LogP contribution in [-0.2, 0) is 4.79 Å². The average Bonchev–Trinajstić information content (AvgIpc) is 2.26. The molecule has 0 aliphatic rings. The van der Waals surface area contributed by atoms with Gasteiger partial charge in [-0.1, -0.05) is 29.8 Å². The fourth-order valence-electron chi connectivity index (χ4n) is 1.62. The van der Waals surface area contributed by atoms with Crippen LogP contribution in [0.1, 0.15) is 38.2 Å². The van der Waals surface area contributed by atoms with Gasteiger partial charge in [0.1, 0.15) is 5.75 Å². The zero-order chi connectivity index (χ0) is 12.8. The zero-order valence-electron chi connectivity index (χ0n) is 10.1. The summed E-state index contributed by atoms with van der Waals surface area (Å²) in [5.74, 6) is -0.0698. The van der Waals surface area contributed by atoms with Crippen molar-refractivity contribution in [1.29, 1.82) is 0 Å². The summed E-state index contributed by atoms with van der Waals surface area (Å²) in [6, 6.07) is 5.72. The number of carbonyl (C=O) groups is 1. The summed E-state index contributed by atoms with van der Waals surface area (Å²) in [7, 11) is 0. The number of carboxylic acids is 1. The fraction of sp³-hybridized carbons (Fsp3) is 0.462. The molecule has 0 saturated carbocycles. The number of hydrogen-bond acceptors (Lipinski definition) is 2. The molecule has 0 amide bonds. The Bertz CT molecular complexity index is 390. The van der Waals surface area contributed by atoms with E-state index in [4.69, 9.17) is 9.84 Å². The SMILES string of the molecule is CCCOc1ccc(Br)cc1C(C)CC(=O)O. The lowest BCUT2D eigenvalue weighted by Crippen LogP contribution is -2.06. The summed E-state index contributed by atoms with van der Waals surface area (Å²) in [6.07, 6.45) is 1.04. The van der Waals surface area contributed by atoms with E-state index in [9.17, 15) is 4.79 Å². The van der Waals surface area contributed by atoms with Crippen LogP contribution in [-0.4, -0.2) is 17.7 Å². The first kappa shape index (κ1) is 14.0. The number of carboxylic acid groups (broad SMARTS) is 1. The van der Waals surface area contributed by atoms with Crippen LogP contribution in [0, 0.1) is 0 Å². The number of rotatable bonds is 6. The van der Waals surface area contributed by atoms with Crippen LogP contribution in [0.25, 0.3) is 0 Å². The molecule has 1 aromatic rings. The van der Waals surface area contributed by atoms with Gasteiger partial charge in [-0.3, -0.25) is 4.79 Å². The van der Waals surface area contributed by atoms with E-state index < -0.39 is 5.97 Å². The number of aliphatic carboxylic acids is 1. The van der Waals surface area contributed by atoms with E-state index in [1.807, 2.05) is 32.0 Å². The van der Waals surface area contributed by atoms with Crippen molar-refractivity contribution in [2.75, 3.05) is 6.61 Å². The van der Waals surface area contributed by atoms with E-state index in [2.05, 4.69) is 15.9 Å². The van der Waals surface area contributed by atoms with Crippen molar-refractivity contribution in [2.45, 2.75) is 32.6 Å². The lowest BCUT2D eigenvalue weighted by atomic mass is 9.97. The largest absolute Gasteiger partial charge is 0.493 e. The lowest BCUT2D eigenvalue weighted by Gasteiger charge is -2.16. The molecule has 1 N–H and O–H groups in total. The predicted octanol–water partition coefficient (Wildman–Crippen LogP) is 3.82. The highest BCUT2D eigenvalue weighted by molar-refractivity contribution is 9.10. The van der Waals surface area contributed by atoms with Gasteiger partial charge in [-0.15, -0.1) is 0 Å². The molecular weight excluding hydrogens is 284 g/mol. The summed E-state index contributed by atoms with van der Waals surface area (Å²) in [6.45, 7) is 4.59. The van der Waals surface area contributed by atoms with E-state index in [1.54, 1.807) is 0 Å². The highest BCUT2D eigenvalue weighted by atomic mass is 79.9. The van der Waals surface area contributed by atoms with Crippen molar-refractivity contribution in [3.8, 4) is 5.75 Å². The standard InChI is InChI=1S/C13H17BrO3/c1-3-6-17-12-5-4-10(14)8-11(12)9(2)7-13(15)16/h4-5,8-9H,3,6-7H2,1-2H3,(H,15,16). The molecule has 1 atom stereocenters. The highest BCUT2D eigenvalue weighted by Gasteiger charge is 2.15. The van der Waals surface area contributed by atoms with Crippen LogP contribution < -0.4 is 4.74 Å². The molecule has 0 aliphatic heterocycles. The van der Waals surface area contributed by atoms with Crippen LogP contribution in [0.2, 0.25) is 0 Å². The lowest BCUT2D eigenvalue weighted by molar-refractivity contribution is -0.137. The first-order chi connectivity index (χ1) is 8.04. The summed E-state index contributed by atoms with van der Waals surface area (Å²) in [5, 5.41) is 8.83. The topological polar surface area (TPSA) is 46.5 Å². The molecule has 0 bridgehead atoms. The van der Waals surface area contributed by atoms with Crippen LogP contribution in [0.15, 0.2) is 22.7 Å². The second kappa shape index (κ2) is 6.64. The van der Waals surface area contributed by atoms with Gasteiger partial charge in [-0.2, -0.15) is 0 Å². The second-order valence-corrected chi connectivity index (χ2v) is 4.95. The van der Waals surface area contributed by atoms with Gasteiger partial charge in [-0.05, 0) is 36.1 Å². The molecule has 1 rings (SSSR count). The van der Waals surface area contributed by atoms with Crippen LogP contribution in [0.4, 0.5) is 0 Å². The Hall–Kier alpha value is -1.03. The average molecular weight is 301 g/mol. The molecule has 0 aliphatic carbocycles. The molecule has 1 aromatic carbocycles. The first-order valence-electron chi connectivity index (χ1n) is 5.68. The van der Waals surface area contributed by atoms with Gasteiger partial charge >= 0.3 is 5.97 Å². The number of hydrogen-bond donors (Lipinski definition) is 1. The van der Waals surface area contributed by atoms with Gasteiger partial charge in [-0.25, -0.2) is 0 Å². The number of halogens is 1. The molecule has 0 saturated heterocycles. The minimum Gasteiger partial charge on any atom is -0.493 e. The van der Waals surface area contributed by atoms with E-state index in [1.165, 1.54) is 0 Å². The summed E-state index contributed by atoms with van der Waals surface area (Å²) >= 11 is 3.40. The second-order valence-electron chi connectivity index (χ2n) is 4.03. The molecular formula is C13H17BrO3. The van der Waals surface area contributed by atoms with E-state index in [0.717, 1.165) is 22.2 Å². The van der Waals surface area contributed by atoms with Gasteiger partial charge < -0.3 is 9.84 Å². The third-order valence-electron chi connectivity index (χ3n) is 2.45. The molecule has 0 aromatic heterocycles. The van der Waals surface area contributed by atoms with Gasteiger partial charge in [0.2, 0.25) is 0 Å². The van der Waals surface area contributed by atoms with Crippen molar-refractivity contribution in [3.63, 3.8) is 0 Å². The van der Waals surface area contributed by atoms with Crippen molar-refractivity contribution in [2.24, 2.45) is 0 Å². The zero-order valence-corrected chi connectivity index (χ0v) is 11.7. The molecule has 0 fully saturated rings. The Labute approximate surface area is 110 Å². The molecule has 4 heteroatoms. The minimum atomic E-state index is -0.793. The third-order valence-corrected chi connectivity index (χ3v) is 2.94. The third kappa shape index (κ3) is 4.38. The molecule has 94 valence electrons. The molecule has 1 unspecified atom stereocenters. The summed E-state index contributed by atoms with van der Waals surface area (Å²) in [5.41, 5.74) is 0.940. The molecule has 0 radical (unpaired) electrons. The summed E-state index contributed by atoms with van der Waals surface area (Å²) in [4.78, 5) is 10.7. The molecule has 0 heterocycles. The van der Waals surface area contributed by atoms with Crippen molar-refractivity contribution < 1.29 is 14.6 Å². The molecule has 17 heavy (non-hydrogen) atoms. The molecule has 3 nitrogen and oxygen atoms in total. The van der Waals surface area contributed by atoms with Gasteiger partial charge in [0.05, 0.1) is 13.0 Å². The van der Waals surface area contributed by atoms with Gasteiger partial charge in [0.25, 0.3) is 0 Å². The van der Waals surface area contributed by atoms with Crippen molar-refractivity contribution in [1.82, 2.24) is 0 Å². The number of benzene rings is 1. The summed E-state index contributed by atoms with van der Waals surface area (Å²) < 4.78 is 6.57. The Kier molecular flexibility index (Phi) is 5.48. The fourth-order valence-corrected chi connectivity index (χ4v) is 2.00. The van der Waals surface area contributed by atoms with Crippen LogP contribution in [0.3, 0.4) is 0 Å². The Morgan fingerprint density at radius 1 is 1.53 bits per heavy atom. The monoisotopic (exact) mass is 300 g/mol. The van der Waals surface area contributed by atoms with E-state index >= 15 is 0 Å². The van der Waals surface area contributed by atoms with E-state index in [-0.39, 0.29) is 12.3 Å². The minimum absolute atomic E-state index is 0.0585. The van der Waals surface area contributed by atoms with Crippen LogP contribution in [0.5, 0.6) is 5.75 Å². The smallest absolute Gasteiger partial charge is 0.303 e. The van der Waals surface area contributed by atoms with Crippen molar-refractivity contribution >= 4 is 21.9 Å². The normalized spacial score (nSPS) is 12.2. The number of ether oxygens (including phenoxy) is 1. The maximum atomic E-state index is 10.7. The molecule has 0 spiro atoms. The Morgan fingerprint density at radius 3 is 2.82 bits per heavy atom. The quantitative estimate of drug-likeness (QED) is 0.869. The van der Waals surface area contributed by atoms with Crippen LogP contribution >= 0.6 is 15.9 Å².